The van der Waals surface area contributed by atoms with Gasteiger partial charge < -0.3 is 5.11 Å². The lowest BCUT2D eigenvalue weighted by atomic mass is 9.76. The van der Waals surface area contributed by atoms with Crippen LogP contribution in [-0.4, -0.2) is 11.1 Å². The molecule has 1 fully saturated rings. The minimum atomic E-state index is -0.866. The molecule has 2 atom stereocenters. The Morgan fingerprint density at radius 3 is 2.56 bits per heavy atom. The maximum Gasteiger partial charge on any atom is 0.303 e. The highest BCUT2D eigenvalue weighted by Crippen LogP contribution is 2.39. The van der Waals surface area contributed by atoms with Gasteiger partial charge in [-0.2, -0.15) is 0 Å². The van der Waals surface area contributed by atoms with Crippen LogP contribution in [0.4, 0.5) is 8.78 Å². The predicted molar refractivity (Wildman–Crippen MR) is 66.3 cm³/mol. The van der Waals surface area contributed by atoms with Crippen LogP contribution in [0.1, 0.15) is 32.1 Å². The van der Waals surface area contributed by atoms with E-state index in [0.29, 0.717) is 12.8 Å². The lowest BCUT2D eigenvalue weighted by Crippen LogP contribution is -2.20. The SMILES string of the molecule is C=C/C(F)=C(\C(=C)F)C1CCCC(CC(=O)O)C1. The molecule has 0 bridgehead atoms. The van der Waals surface area contributed by atoms with Gasteiger partial charge in [0, 0.05) is 12.0 Å². The van der Waals surface area contributed by atoms with Gasteiger partial charge in [-0.25, -0.2) is 8.78 Å². The van der Waals surface area contributed by atoms with Crippen molar-refractivity contribution in [2.45, 2.75) is 32.1 Å². The summed E-state index contributed by atoms with van der Waals surface area (Å²) in [6, 6.07) is 0. The number of rotatable bonds is 5. The van der Waals surface area contributed by atoms with Crippen LogP contribution in [0.25, 0.3) is 0 Å². The van der Waals surface area contributed by atoms with Crippen molar-refractivity contribution < 1.29 is 18.7 Å². The lowest BCUT2D eigenvalue weighted by molar-refractivity contribution is -0.138. The number of carboxylic acids is 1. The van der Waals surface area contributed by atoms with Crippen molar-refractivity contribution in [3.8, 4) is 0 Å². The number of carboxylic acid groups (broad SMARTS) is 1. The molecule has 0 heterocycles. The van der Waals surface area contributed by atoms with Crippen molar-refractivity contribution in [2.75, 3.05) is 0 Å². The van der Waals surface area contributed by atoms with E-state index in [1.54, 1.807) is 0 Å². The summed E-state index contributed by atoms with van der Waals surface area (Å²) in [5, 5.41) is 8.76. The third kappa shape index (κ3) is 3.79. The standard InChI is InChI=1S/C14H18F2O2/c1-3-12(16)14(9(2)15)11-6-4-5-10(7-11)8-13(17)18/h3,10-11H,1-2,4-8H2,(H,17,18)/b14-12-. The molecule has 0 saturated heterocycles. The fourth-order valence-electron chi connectivity index (χ4n) is 2.64. The van der Waals surface area contributed by atoms with E-state index in [9.17, 15) is 13.6 Å². The van der Waals surface area contributed by atoms with Crippen LogP contribution in [0.3, 0.4) is 0 Å². The summed E-state index contributed by atoms with van der Waals surface area (Å²) in [4.78, 5) is 10.7. The van der Waals surface area contributed by atoms with E-state index in [-0.39, 0.29) is 23.8 Å². The van der Waals surface area contributed by atoms with E-state index in [1.807, 2.05) is 0 Å². The van der Waals surface area contributed by atoms with Gasteiger partial charge in [0.25, 0.3) is 0 Å². The number of hydrogen-bond donors (Lipinski definition) is 1. The number of carbonyl (C=O) groups is 1. The molecular formula is C14H18F2O2. The first-order chi connectivity index (χ1) is 8.45. The molecule has 0 radical (unpaired) electrons. The van der Waals surface area contributed by atoms with Crippen molar-refractivity contribution in [1.29, 1.82) is 0 Å². The summed E-state index contributed by atoms with van der Waals surface area (Å²) in [6.45, 7) is 6.45. The maximum absolute atomic E-state index is 13.6. The Morgan fingerprint density at radius 1 is 1.39 bits per heavy atom. The van der Waals surface area contributed by atoms with Gasteiger partial charge in [0.2, 0.25) is 0 Å². The first kappa shape index (κ1) is 14.6. The Morgan fingerprint density at radius 2 is 2.06 bits per heavy atom. The van der Waals surface area contributed by atoms with Crippen LogP contribution in [0.2, 0.25) is 0 Å². The Hall–Kier alpha value is -1.45. The van der Waals surface area contributed by atoms with Crippen LogP contribution in [-0.2, 0) is 4.79 Å². The Balaban J connectivity index is 2.84. The number of hydrogen-bond acceptors (Lipinski definition) is 1. The highest BCUT2D eigenvalue weighted by Gasteiger charge is 2.29. The molecule has 0 aromatic carbocycles. The minimum Gasteiger partial charge on any atom is -0.481 e. The molecule has 0 aliphatic heterocycles. The van der Waals surface area contributed by atoms with Crippen LogP contribution >= 0.6 is 0 Å². The van der Waals surface area contributed by atoms with Crippen molar-refractivity contribution in [3.63, 3.8) is 0 Å². The zero-order chi connectivity index (χ0) is 13.7. The smallest absolute Gasteiger partial charge is 0.303 e. The monoisotopic (exact) mass is 256 g/mol. The van der Waals surface area contributed by atoms with Gasteiger partial charge in [-0.3, -0.25) is 4.79 Å². The quantitative estimate of drug-likeness (QED) is 0.750. The summed E-state index contributed by atoms with van der Waals surface area (Å²) in [6.07, 6.45) is 3.76. The molecule has 1 saturated carbocycles. The van der Waals surface area contributed by atoms with Crippen LogP contribution in [0.15, 0.2) is 36.5 Å². The fourth-order valence-corrected chi connectivity index (χ4v) is 2.64. The molecule has 0 spiro atoms. The van der Waals surface area contributed by atoms with E-state index in [1.165, 1.54) is 0 Å². The molecule has 1 N–H and O–H groups in total. The van der Waals surface area contributed by atoms with Crippen LogP contribution in [0, 0.1) is 11.8 Å². The van der Waals surface area contributed by atoms with E-state index in [2.05, 4.69) is 13.2 Å². The zero-order valence-corrected chi connectivity index (χ0v) is 10.3. The molecule has 4 heteroatoms. The Labute approximate surface area is 106 Å². The number of aliphatic carboxylic acids is 1. The second-order valence-electron chi connectivity index (χ2n) is 4.70. The summed E-state index contributed by atoms with van der Waals surface area (Å²) in [7, 11) is 0. The summed E-state index contributed by atoms with van der Waals surface area (Å²) < 4.78 is 26.9. The number of halogens is 2. The molecule has 0 aromatic heterocycles. The first-order valence-electron chi connectivity index (χ1n) is 6.04. The van der Waals surface area contributed by atoms with Gasteiger partial charge in [0.05, 0.1) is 0 Å². The van der Waals surface area contributed by atoms with Crippen molar-refractivity contribution in [1.82, 2.24) is 0 Å². The predicted octanol–water partition coefficient (Wildman–Crippen LogP) is 4.16. The fraction of sp³-hybridized carbons (Fsp3) is 0.500. The molecule has 1 aliphatic carbocycles. The third-order valence-electron chi connectivity index (χ3n) is 3.38. The van der Waals surface area contributed by atoms with Crippen molar-refractivity contribution in [2.24, 2.45) is 11.8 Å². The van der Waals surface area contributed by atoms with Crippen molar-refractivity contribution in [3.05, 3.63) is 36.5 Å². The second kappa shape index (κ2) is 6.47. The molecule has 18 heavy (non-hydrogen) atoms. The average molecular weight is 256 g/mol. The minimum absolute atomic E-state index is 0.0202. The third-order valence-corrected chi connectivity index (χ3v) is 3.38. The maximum atomic E-state index is 13.6. The highest BCUT2D eigenvalue weighted by molar-refractivity contribution is 5.67. The van der Waals surface area contributed by atoms with Crippen LogP contribution < -0.4 is 0 Å². The Kier molecular flexibility index (Phi) is 5.25. The summed E-state index contributed by atoms with van der Waals surface area (Å²) >= 11 is 0. The van der Waals surface area contributed by atoms with Gasteiger partial charge in [-0.1, -0.05) is 19.6 Å². The topological polar surface area (TPSA) is 37.3 Å². The summed E-state index contributed by atoms with van der Waals surface area (Å²) in [5.74, 6) is -2.65. The molecular weight excluding hydrogens is 238 g/mol. The van der Waals surface area contributed by atoms with E-state index in [4.69, 9.17) is 5.11 Å². The second-order valence-corrected chi connectivity index (χ2v) is 4.70. The van der Waals surface area contributed by atoms with Gasteiger partial charge >= 0.3 is 5.97 Å². The molecule has 2 nitrogen and oxygen atoms in total. The van der Waals surface area contributed by atoms with Gasteiger partial charge in [-0.05, 0) is 37.2 Å². The molecule has 1 aliphatic rings. The van der Waals surface area contributed by atoms with Crippen LogP contribution in [0.5, 0.6) is 0 Å². The largest absolute Gasteiger partial charge is 0.481 e. The number of allylic oxidation sites excluding steroid dienone is 4. The Bertz CT molecular complexity index is 385. The zero-order valence-electron chi connectivity index (χ0n) is 10.3. The van der Waals surface area contributed by atoms with Gasteiger partial charge in [0.15, 0.2) is 0 Å². The first-order valence-corrected chi connectivity index (χ1v) is 6.04. The van der Waals surface area contributed by atoms with E-state index >= 15 is 0 Å². The van der Waals surface area contributed by atoms with Gasteiger partial charge in [-0.15, -0.1) is 0 Å². The molecule has 0 amide bonds. The average Bonchev–Trinajstić information content (AvgIpc) is 2.28. The lowest BCUT2D eigenvalue weighted by Gasteiger charge is -2.29. The molecule has 1 rings (SSSR count). The van der Waals surface area contributed by atoms with E-state index < -0.39 is 17.6 Å². The normalized spacial score (nSPS) is 25.2. The molecule has 0 aromatic rings. The van der Waals surface area contributed by atoms with Crippen molar-refractivity contribution >= 4 is 5.97 Å². The van der Waals surface area contributed by atoms with Gasteiger partial charge in [0.1, 0.15) is 11.7 Å². The van der Waals surface area contributed by atoms with E-state index in [0.717, 1.165) is 18.9 Å². The molecule has 2 unspecified atom stereocenters. The summed E-state index contributed by atoms with van der Waals surface area (Å²) in [5.41, 5.74) is -0.0416. The highest BCUT2D eigenvalue weighted by atomic mass is 19.1. The molecule has 100 valence electrons.